The molecule has 0 unspecified atom stereocenters. The first-order chi connectivity index (χ1) is 14.0. The van der Waals surface area contributed by atoms with Crippen molar-refractivity contribution in [2.24, 2.45) is 0 Å². The summed E-state index contributed by atoms with van der Waals surface area (Å²) >= 11 is 6.33. The van der Waals surface area contributed by atoms with Gasteiger partial charge < -0.3 is 16.0 Å². The highest BCUT2D eigenvalue weighted by Crippen LogP contribution is 2.28. The zero-order chi connectivity index (χ0) is 20.4. The predicted octanol–water partition coefficient (Wildman–Crippen LogP) is 3.61. The maximum atomic E-state index is 13.0. The van der Waals surface area contributed by atoms with Crippen LogP contribution in [0, 0.1) is 0 Å². The monoisotopic (exact) mass is 405 g/mol. The average molecular weight is 406 g/mol. The van der Waals surface area contributed by atoms with Crippen molar-refractivity contribution in [2.75, 3.05) is 11.1 Å². The van der Waals surface area contributed by atoms with Gasteiger partial charge in [-0.3, -0.25) is 9.59 Å². The SMILES string of the molecule is Nc1ncnc2[nH]cc(C(=O)c3ccc(NC(=O)Cc4ccccc4)cc3Cl)c12. The average Bonchev–Trinajstić information content (AvgIpc) is 3.14. The number of amides is 1. The van der Waals surface area contributed by atoms with E-state index in [2.05, 4.69) is 20.3 Å². The number of nitrogens with two attached hydrogens (primary N) is 1. The minimum atomic E-state index is -0.315. The summed E-state index contributed by atoms with van der Waals surface area (Å²) in [5, 5.41) is 3.46. The van der Waals surface area contributed by atoms with Gasteiger partial charge in [0.15, 0.2) is 5.78 Å². The number of halogens is 1. The summed E-state index contributed by atoms with van der Waals surface area (Å²) in [7, 11) is 0. The number of benzene rings is 2. The van der Waals surface area contributed by atoms with E-state index < -0.39 is 0 Å². The van der Waals surface area contributed by atoms with E-state index in [9.17, 15) is 9.59 Å². The molecule has 0 aliphatic heterocycles. The molecular weight excluding hydrogens is 390 g/mol. The molecule has 0 bridgehead atoms. The first-order valence-electron chi connectivity index (χ1n) is 8.78. The highest BCUT2D eigenvalue weighted by atomic mass is 35.5. The van der Waals surface area contributed by atoms with Crippen LogP contribution in [0.4, 0.5) is 11.5 Å². The molecule has 7 nitrogen and oxygen atoms in total. The van der Waals surface area contributed by atoms with Gasteiger partial charge in [0.2, 0.25) is 5.91 Å². The van der Waals surface area contributed by atoms with Gasteiger partial charge in [-0.15, -0.1) is 0 Å². The number of nitrogens with one attached hydrogen (secondary N) is 2. The normalized spacial score (nSPS) is 10.8. The van der Waals surface area contributed by atoms with Crippen LogP contribution in [0.25, 0.3) is 11.0 Å². The lowest BCUT2D eigenvalue weighted by atomic mass is 10.0. The van der Waals surface area contributed by atoms with Gasteiger partial charge in [-0.05, 0) is 23.8 Å². The molecule has 2 heterocycles. The second-order valence-corrected chi connectivity index (χ2v) is 6.83. The Kier molecular flexibility index (Phi) is 4.97. The number of fused-ring (bicyclic) bond motifs is 1. The van der Waals surface area contributed by atoms with Crippen LogP contribution in [0.1, 0.15) is 21.5 Å². The van der Waals surface area contributed by atoms with E-state index >= 15 is 0 Å². The number of carbonyl (C=O) groups excluding carboxylic acids is 2. The van der Waals surface area contributed by atoms with E-state index in [1.54, 1.807) is 18.2 Å². The fourth-order valence-electron chi connectivity index (χ4n) is 3.07. The molecule has 0 spiro atoms. The first-order valence-corrected chi connectivity index (χ1v) is 9.16. The molecule has 2 aromatic heterocycles. The summed E-state index contributed by atoms with van der Waals surface area (Å²) in [6, 6.07) is 14.2. The molecule has 0 aliphatic rings. The molecule has 0 atom stereocenters. The number of nitrogen functional groups attached to an aromatic ring is 1. The van der Waals surface area contributed by atoms with E-state index in [1.807, 2.05) is 30.3 Å². The third kappa shape index (κ3) is 3.81. The van der Waals surface area contributed by atoms with Crippen molar-refractivity contribution in [3.05, 3.63) is 82.8 Å². The lowest BCUT2D eigenvalue weighted by Crippen LogP contribution is -2.14. The molecule has 0 radical (unpaired) electrons. The summed E-state index contributed by atoms with van der Waals surface area (Å²) < 4.78 is 0. The van der Waals surface area contributed by atoms with Crippen LogP contribution in [0.3, 0.4) is 0 Å². The number of hydrogen-bond donors (Lipinski definition) is 3. The Morgan fingerprint density at radius 2 is 1.86 bits per heavy atom. The van der Waals surface area contributed by atoms with Crippen LogP contribution < -0.4 is 11.1 Å². The van der Waals surface area contributed by atoms with Crippen molar-refractivity contribution in [1.82, 2.24) is 15.0 Å². The molecule has 4 rings (SSSR count). The van der Waals surface area contributed by atoms with Crippen molar-refractivity contribution in [3.63, 3.8) is 0 Å². The summed E-state index contributed by atoms with van der Waals surface area (Å²) in [6.07, 6.45) is 3.10. The number of anilines is 2. The van der Waals surface area contributed by atoms with Crippen molar-refractivity contribution in [2.45, 2.75) is 6.42 Å². The van der Waals surface area contributed by atoms with Crippen LogP contribution in [0.15, 0.2) is 61.1 Å². The minimum Gasteiger partial charge on any atom is -0.383 e. The third-order valence-electron chi connectivity index (χ3n) is 4.45. The highest BCUT2D eigenvalue weighted by Gasteiger charge is 2.20. The number of aromatic nitrogens is 3. The van der Waals surface area contributed by atoms with Crippen LogP contribution in [0.5, 0.6) is 0 Å². The minimum absolute atomic E-state index is 0.173. The van der Waals surface area contributed by atoms with Crippen LogP contribution in [0.2, 0.25) is 5.02 Å². The van der Waals surface area contributed by atoms with Crippen molar-refractivity contribution in [3.8, 4) is 0 Å². The van der Waals surface area contributed by atoms with Crippen molar-refractivity contribution in [1.29, 1.82) is 0 Å². The quantitative estimate of drug-likeness (QED) is 0.439. The number of hydrogen-bond acceptors (Lipinski definition) is 5. The molecule has 144 valence electrons. The number of H-pyrrole nitrogens is 1. The molecule has 29 heavy (non-hydrogen) atoms. The largest absolute Gasteiger partial charge is 0.383 e. The number of aromatic amines is 1. The lowest BCUT2D eigenvalue weighted by molar-refractivity contribution is -0.115. The summed E-state index contributed by atoms with van der Waals surface area (Å²) in [4.78, 5) is 36.1. The highest BCUT2D eigenvalue weighted by molar-refractivity contribution is 6.36. The molecule has 4 N–H and O–H groups in total. The molecule has 0 fully saturated rings. The smallest absolute Gasteiger partial charge is 0.228 e. The number of nitrogens with zero attached hydrogens (tertiary/aromatic N) is 2. The molecule has 2 aromatic carbocycles. The van der Waals surface area contributed by atoms with Crippen molar-refractivity contribution >= 4 is 45.8 Å². The van der Waals surface area contributed by atoms with E-state index in [4.69, 9.17) is 17.3 Å². The van der Waals surface area contributed by atoms with E-state index in [0.29, 0.717) is 22.3 Å². The Morgan fingerprint density at radius 1 is 1.07 bits per heavy atom. The maximum absolute atomic E-state index is 13.0. The molecule has 8 heteroatoms. The zero-order valence-electron chi connectivity index (χ0n) is 15.1. The lowest BCUT2D eigenvalue weighted by Gasteiger charge is -2.09. The maximum Gasteiger partial charge on any atom is 0.228 e. The predicted molar refractivity (Wildman–Crippen MR) is 112 cm³/mol. The Morgan fingerprint density at radius 3 is 2.62 bits per heavy atom. The molecule has 1 amide bonds. The first kappa shape index (κ1) is 18.6. The van der Waals surface area contributed by atoms with Gasteiger partial charge >= 0.3 is 0 Å². The zero-order valence-corrected chi connectivity index (χ0v) is 15.9. The Bertz CT molecular complexity index is 1220. The van der Waals surface area contributed by atoms with Gasteiger partial charge in [0.05, 0.1) is 22.4 Å². The fraction of sp³-hybridized carbons (Fsp3) is 0.0476. The fourth-order valence-corrected chi connectivity index (χ4v) is 3.34. The van der Waals surface area contributed by atoms with Gasteiger partial charge in [-0.2, -0.15) is 0 Å². The van der Waals surface area contributed by atoms with E-state index in [0.717, 1.165) is 5.56 Å². The van der Waals surface area contributed by atoms with Crippen LogP contribution in [-0.2, 0) is 11.2 Å². The second kappa shape index (κ2) is 7.73. The van der Waals surface area contributed by atoms with E-state index in [1.165, 1.54) is 12.5 Å². The Labute approximate surface area is 170 Å². The summed E-state index contributed by atoms with van der Waals surface area (Å²) in [5.74, 6) is -0.279. The van der Waals surface area contributed by atoms with Crippen molar-refractivity contribution < 1.29 is 9.59 Å². The Balaban J connectivity index is 1.55. The van der Waals surface area contributed by atoms with Gasteiger partial charge in [-0.1, -0.05) is 41.9 Å². The molecule has 4 aromatic rings. The summed E-state index contributed by atoms with van der Waals surface area (Å²) in [5.41, 5.74) is 8.40. The molecule has 0 saturated carbocycles. The van der Waals surface area contributed by atoms with Crippen LogP contribution in [-0.4, -0.2) is 26.6 Å². The molecule has 0 saturated heterocycles. The number of ketones is 1. The van der Waals surface area contributed by atoms with E-state index in [-0.39, 0.29) is 34.5 Å². The number of rotatable bonds is 5. The van der Waals surface area contributed by atoms with Gasteiger partial charge in [0.25, 0.3) is 0 Å². The van der Waals surface area contributed by atoms with Gasteiger partial charge in [0, 0.05) is 17.4 Å². The van der Waals surface area contributed by atoms with Gasteiger partial charge in [-0.25, -0.2) is 9.97 Å². The molecule has 0 aliphatic carbocycles. The number of carbonyl (C=O) groups is 2. The summed E-state index contributed by atoms with van der Waals surface area (Å²) in [6.45, 7) is 0. The third-order valence-corrected chi connectivity index (χ3v) is 4.76. The standard InChI is InChI=1S/C21H16ClN5O2/c22-16-9-13(27-17(28)8-12-4-2-1-3-5-12)6-7-14(16)19(29)15-10-24-21-18(15)20(23)25-11-26-21/h1-7,9-11H,8H2,(H,27,28)(H3,23,24,25,26). The van der Waals surface area contributed by atoms with Crippen LogP contribution >= 0.6 is 11.6 Å². The molecular formula is C21H16ClN5O2. The topological polar surface area (TPSA) is 114 Å². The Hall–Kier alpha value is -3.71. The van der Waals surface area contributed by atoms with Gasteiger partial charge in [0.1, 0.15) is 17.8 Å². The second-order valence-electron chi connectivity index (χ2n) is 6.42.